The molecule has 4 heterocycles. The number of hydrogen-bond donors (Lipinski definition) is 0. The Kier molecular flexibility index (Phi) is 5.67. The third-order valence-electron chi connectivity index (χ3n) is 4.77. The molecule has 0 N–H and O–H groups in total. The van der Waals surface area contributed by atoms with Gasteiger partial charge in [-0.1, -0.05) is 17.8 Å². The Morgan fingerprint density at radius 1 is 1.28 bits per heavy atom. The summed E-state index contributed by atoms with van der Waals surface area (Å²) in [5.74, 6) is 0.604. The summed E-state index contributed by atoms with van der Waals surface area (Å²) in [5.41, 5.74) is 0. The van der Waals surface area contributed by atoms with Crippen molar-refractivity contribution in [2.75, 3.05) is 39.5 Å². The van der Waals surface area contributed by atoms with Crippen LogP contribution < -0.4 is 0 Å². The zero-order valence-corrected chi connectivity index (χ0v) is 16.2. The van der Waals surface area contributed by atoms with Gasteiger partial charge in [0.2, 0.25) is 5.91 Å². The third-order valence-corrected chi connectivity index (χ3v) is 7.57. The Morgan fingerprint density at radius 3 is 2.76 bits per heavy atom. The number of rotatable bonds is 5. The van der Waals surface area contributed by atoms with E-state index in [0.29, 0.717) is 25.4 Å². The molecule has 0 unspecified atom stereocenters. The molecule has 25 heavy (non-hydrogen) atoms. The largest absolute Gasteiger partial charge is 0.337 e. The molecule has 0 aliphatic carbocycles. The lowest BCUT2D eigenvalue weighted by Gasteiger charge is -2.36. The number of fused-ring (bicyclic) bond motifs is 4. The molecule has 3 fully saturated rings. The maximum Gasteiger partial charge on any atom is 0.281 e. The van der Waals surface area contributed by atoms with Gasteiger partial charge in [-0.05, 0) is 30.9 Å². The molecule has 7 nitrogen and oxygen atoms in total. The van der Waals surface area contributed by atoms with Crippen molar-refractivity contribution in [1.82, 2.24) is 18.5 Å². The monoisotopic (exact) mass is 384 g/mol. The maximum absolute atomic E-state index is 12.7. The molecule has 9 heteroatoms. The highest BCUT2D eigenvalue weighted by molar-refractivity contribution is 7.99. The summed E-state index contributed by atoms with van der Waals surface area (Å²) in [4.78, 5) is 18.8. The molecule has 0 radical (unpaired) electrons. The van der Waals surface area contributed by atoms with Crippen molar-refractivity contribution in [1.29, 1.82) is 0 Å². The van der Waals surface area contributed by atoms with E-state index in [0.717, 1.165) is 17.9 Å². The van der Waals surface area contributed by atoms with Gasteiger partial charge in [-0.25, -0.2) is 4.98 Å². The van der Waals surface area contributed by atoms with Crippen LogP contribution in [0.2, 0.25) is 0 Å². The van der Waals surface area contributed by atoms with Gasteiger partial charge in [-0.15, -0.1) is 0 Å². The Hall–Kier alpha value is -1.16. The number of carbonyl (C=O) groups is 1. The molecule has 1 aromatic rings. The van der Waals surface area contributed by atoms with Gasteiger partial charge in [0, 0.05) is 46.0 Å². The predicted octanol–water partition coefficient (Wildman–Crippen LogP) is 0.903. The third kappa shape index (κ3) is 4.16. The molecule has 2 atom stereocenters. The molecule has 3 aliphatic heterocycles. The average Bonchev–Trinajstić information content (AvgIpc) is 2.93. The fourth-order valence-electron chi connectivity index (χ4n) is 3.41. The predicted molar refractivity (Wildman–Crippen MR) is 97.4 cm³/mol. The van der Waals surface area contributed by atoms with Crippen LogP contribution in [0, 0.1) is 5.92 Å². The van der Waals surface area contributed by atoms with Crippen molar-refractivity contribution in [3.63, 3.8) is 0 Å². The Balaban J connectivity index is 1.67. The van der Waals surface area contributed by atoms with E-state index in [9.17, 15) is 13.2 Å². The van der Waals surface area contributed by atoms with Crippen LogP contribution in [0.5, 0.6) is 0 Å². The van der Waals surface area contributed by atoms with Gasteiger partial charge < -0.3 is 4.90 Å². The van der Waals surface area contributed by atoms with Crippen LogP contribution in [0.15, 0.2) is 29.4 Å². The lowest BCUT2D eigenvalue weighted by Crippen LogP contribution is -2.49. The molecule has 2 bridgehead atoms. The zero-order chi connectivity index (χ0) is 18.0. The molecule has 0 saturated carbocycles. The first kappa shape index (κ1) is 18.6. The number of pyridine rings is 1. The number of piperidine rings is 1. The number of amides is 1. The zero-order valence-electron chi connectivity index (χ0n) is 14.5. The van der Waals surface area contributed by atoms with Crippen molar-refractivity contribution in [2.45, 2.75) is 23.9 Å². The Morgan fingerprint density at radius 2 is 2.08 bits per heavy atom. The fourth-order valence-corrected chi connectivity index (χ4v) is 5.38. The number of hydrogen-bond acceptors (Lipinski definition) is 5. The second kappa shape index (κ2) is 7.61. The van der Waals surface area contributed by atoms with Crippen molar-refractivity contribution in [3.05, 3.63) is 24.4 Å². The second-order valence-electron chi connectivity index (χ2n) is 6.71. The molecule has 0 aromatic carbocycles. The molecule has 0 spiro atoms. The standard InChI is InChI=1S/C16H24N4O3S2/c1-18(2)25(22,23)19-9-13-6-7-14(11-19)20(10-13)16(21)12-24-15-5-3-4-8-17-15/h3-5,8,13-14H,6-7,9-12H2,1-2H3/t13-,14+/m1/s1. The highest BCUT2D eigenvalue weighted by atomic mass is 32.2. The van der Waals surface area contributed by atoms with E-state index in [-0.39, 0.29) is 17.9 Å². The van der Waals surface area contributed by atoms with E-state index in [1.54, 1.807) is 20.3 Å². The van der Waals surface area contributed by atoms with Crippen molar-refractivity contribution >= 4 is 27.9 Å². The highest BCUT2D eigenvalue weighted by Gasteiger charge is 2.41. The van der Waals surface area contributed by atoms with Crippen LogP contribution in [0.3, 0.4) is 0 Å². The van der Waals surface area contributed by atoms with Crippen LogP contribution in [0.4, 0.5) is 0 Å². The van der Waals surface area contributed by atoms with Gasteiger partial charge in [0.25, 0.3) is 10.2 Å². The summed E-state index contributed by atoms with van der Waals surface area (Å²) in [7, 11) is -0.340. The van der Waals surface area contributed by atoms with Gasteiger partial charge in [0.15, 0.2) is 0 Å². The molecule has 138 valence electrons. The number of carbonyl (C=O) groups excluding carboxylic acids is 1. The van der Waals surface area contributed by atoms with Crippen molar-refractivity contribution in [3.8, 4) is 0 Å². The quantitative estimate of drug-likeness (QED) is 0.706. The van der Waals surface area contributed by atoms with Crippen molar-refractivity contribution < 1.29 is 13.2 Å². The van der Waals surface area contributed by atoms with Gasteiger partial charge in [-0.3, -0.25) is 4.79 Å². The first-order valence-electron chi connectivity index (χ1n) is 8.39. The second-order valence-corrected chi connectivity index (χ2v) is 9.85. The first-order chi connectivity index (χ1) is 11.9. The van der Waals surface area contributed by atoms with Crippen LogP contribution in [-0.2, 0) is 15.0 Å². The number of thioether (sulfide) groups is 1. The minimum absolute atomic E-state index is 0.0368. The lowest BCUT2D eigenvalue weighted by molar-refractivity contribution is -0.132. The molecular formula is C16H24N4O3S2. The maximum atomic E-state index is 12.7. The smallest absolute Gasteiger partial charge is 0.281 e. The minimum Gasteiger partial charge on any atom is -0.337 e. The van der Waals surface area contributed by atoms with Gasteiger partial charge in [-0.2, -0.15) is 17.0 Å². The van der Waals surface area contributed by atoms with Crippen LogP contribution in [0.25, 0.3) is 0 Å². The van der Waals surface area contributed by atoms with E-state index in [4.69, 9.17) is 0 Å². The number of nitrogens with zero attached hydrogens (tertiary/aromatic N) is 4. The summed E-state index contributed by atoms with van der Waals surface area (Å²) in [6, 6.07) is 5.60. The fraction of sp³-hybridized carbons (Fsp3) is 0.625. The average molecular weight is 385 g/mol. The van der Waals surface area contributed by atoms with Crippen LogP contribution in [0.1, 0.15) is 12.8 Å². The summed E-state index contributed by atoms with van der Waals surface area (Å²) in [5, 5.41) is 0.827. The van der Waals surface area contributed by atoms with Gasteiger partial charge in [0.1, 0.15) is 0 Å². The van der Waals surface area contributed by atoms with Crippen LogP contribution in [-0.4, -0.2) is 78.3 Å². The summed E-state index contributed by atoms with van der Waals surface area (Å²) < 4.78 is 27.7. The summed E-state index contributed by atoms with van der Waals surface area (Å²) in [6.45, 7) is 1.52. The molecule has 4 rings (SSSR count). The molecule has 1 aromatic heterocycles. The van der Waals surface area contributed by atoms with E-state index in [1.165, 1.54) is 20.4 Å². The molecule has 3 aliphatic rings. The van der Waals surface area contributed by atoms with Crippen LogP contribution >= 0.6 is 11.8 Å². The topological polar surface area (TPSA) is 73.8 Å². The first-order valence-corrected chi connectivity index (χ1v) is 10.8. The van der Waals surface area contributed by atoms with E-state index in [1.807, 2.05) is 23.1 Å². The summed E-state index contributed by atoms with van der Waals surface area (Å²) in [6.07, 6.45) is 3.55. The van der Waals surface area contributed by atoms with E-state index < -0.39 is 10.2 Å². The lowest BCUT2D eigenvalue weighted by atomic mass is 9.95. The Labute approximate surface area is 153 Å². The van der Waals surface area contributed by atoms with Crippen molar-refractivity contribution in [2.24, 2.45) is 5.92 Å². The van der Waals surface area contributed by atoms with Gasteiger partial charge in [0.05, 0.1) is 10.8 Å². The molecule has 1 amide bonds. The van der Waals surface area contributed by atoms with E-state index >= 15 is 0 Å². The number of aromatic nitrogens is 1. The highest BCUT2D eigenvalue weighted by Crippen LogP contribution is 2.30. The minimum atomic E-state index is -3.44. The summed E-state index contributed by atoms with van der Waals surface area (Å²) >= 11 is 1.43. The molecular weight excluding hydrogens is 360 g/mol. The SMILES string of the molecule is CN(C)S(=O)(=O)N1C[C@H]2CC[C@@H](C1)N(C(=O)CSc1ccccn1)C2. The Bertz CT molecular complexity index is 711. The normalized spacial score (nSPS) is 24.5. The van der Waals surface area contributed by atoms with Gasteiger partial charge >= 0.3 is 0 Å². The molecule has 3 saturated heterocycles. The van der Waals surface area contributed by atoms with E-state index in [2.05, 4.69) is 4.98 Å².